The number of aryl methyl sites for hydroxylation is 1. The number of nitrogens with zero attached hydrogens (tertiary/aromatic N) is 6. The molecule has 0 radical (unpaired) electrons. The minimum absolute atomic E-state index is 0.113. The number of hydroxylamine groups is 2. The van der Waals surface area contributed by atoms with Crippen LogP contribution in [0.1, 0.15) is 25.0 Å². The molecule has 1 aliphatic rings. The number of rotatable bonds is 5. The molecule has 0 bridgehead atoms. The van der Waals surface area contributed by atoms with Gasteiger partial charge in [0, 0.05) is 42.8 Å². The smallest absolute Gasteiger partial charge is 0.343 e. The van der Waals surface area contributed by atoms with Gasteiger partial charge < -0.3 is 10.6 Å². The van der Waals surface area contributed by atoms with E-state index in [2.05, 4.69) is 26.0 Å². The topological polar surface area (TPSA) is 102 Å². The van der Waals surface area contributed by atoms with Crippen LogP contribution in [0.3, 0.4) is 0 Å². The average Bonchev–Trinajstić information content (AvgIpc) is 3.32. The number of pyridine rings is 1. The maximum absolute atomic E-state index is 13.8. The van der Waals surface area contributed by atoms with Gasteiger partial charge in [0.1, 0.15) is 11.6 Å². The lowest BCUT2D eigenvalue weighted by Gasteiger charge is -2.33. The van der Waals surface area contributed by atoms with Crippen LogP contribution in [-0.2, 0) is 11.3 Å². The number of halogens is 2. The van der Waals surface area contributed by atoms with E-state index in [1.807, 2.05) is 11.0 Å². The number of carbonyl (C=O) groups excluding carboxylic acids is 1. The molecule has 1 aliphatic heterocycles. The second kappa shape index (κ2) is 9.98. The molecule has 1 fully saturated rings. The molecule has 4 heterocycles. The zero-order valence-corrected chi connectivity index (χ0v) is 21.7. The van der Waals surface area contributed by atoms with Gasteiger partial charge in [0.05, 0.1) is 29.0 Å². The lowest BCUT2D eigenvalue weighted by Crippen LogP contribution is -2.44. The molecule has 11 heteroatoms. The molecular weight excluding hydrogens is 529 g/mol. The summed E-state index contributed by atoms with van der Waals surface area (Å²) in [6.45, 7) is 1.41. The maximum atomic E-state index is 13.8. The van der Waals surface area contributed by atoms with E-state index in [0.29, 0.717) is 41.4 Å². The van der Waals surface area contributed by atoms with E-state index >= 15 is 0 Å². The number of likely N-dealkylation sites (tertiary alicyclic amines) is 1. The maximum Gasteiger partial charge on any atom is 0.343 e. The normalized spacial score (nSPS) is 14.6. The molecule has 0 atom stereocenters. The van der Waals surface area contributed by atoms with E-state index < -0.39 is 0 Å². The van der Waals surface area contributed by atoms with Gasteiger partial charge in [0.15, 0.2) is 5.65 Å². The number of urea groups is 1. The molecule has 36 heavy (non-hydrogen) atoms. The Kier molecular flexibility index (Phi) is 6.76. The largest absolute Gasteiger partial charge is 0.383 e. The Balaban J connectivity index is 1.36. The SMILES string of the molecule is CON(C)C(=O)N1CCC(CCc2nc3c(-c4cnc5ccc(F)cc5c4)cnn3c(N)c2Br)CC1. The van der Waals surface area contributed by atoms with Gasteiger partial charge in [-0.05, 0) is 71.8 Å². The molecule has 0 saturated carbocycles. The molecular formula is C25H27BrFN7O2. The number of benzene rings is 1. The molecule has 2 amide bonds. The van der Waals surface area contributed by atoms with E-state index in [4.69, 9.17) is 15.6 Å². The van der Waals surface area contributed by atoms with Crippen LogP contribution in [0.15, 0.2) is 41.1 Å². The first kappa shape index (κ1) is 24.4. The van der Waals surface area contributed by atoms with Crippen molar-refractivity contribution in [2.75, 3.05) is 33.0 Å². The predicted molar refractivity (Wildman–Crippen MR) is 139 cm³/mol. The summed E-state index contributed by atoms with van der Waals surface area (Å²) in [5.41, 5.74) is 10.2. The van der Waals surface area contributed by atoms with E-state index in [9.17, 15) is 9.18 Å². The Morgan fingerprint density at radius 2 is 2.06 bits per heavy atom. The first-order valence-electron chi connectivity index (χ1n) is 11.8. The molecule has 1 saturated heterocycles. The fourth-order valence-electron chi connectivity index (χ4n) is 4.69. The van der Waals surface area contributed by atoms with Crippen molar-refractivity contribution in [3.05, 3.63) is 52.6 Å². The highest BCUT2D eigenvalue weighted by atomic mass is 79.9. The minimum atomic E-state index is -0.309. The molecule has 3 aromatic heterocycles. The zero-order chi connectivity index (χ0) is 25.4. The molecule has 188 valence electrons. The van der Waals surface area contributed by atoms with Crippen LogP contribution in [0, 0.1) is 11.7 Å². The predicted octanol–water partition coefficient (Wildman–Crippen LogP) is 4.69. The van der Waals surface area contributed by atoms with Crippen molar-refractivity contribution in [1.82, 2.24) is 29.5 Å². The number of hydrogen-bond acceptors (Lipinski definition) is 6. The van der Waals surface area contributed by atoms with Crippen molar-refractivity contribution in [3.8, 4) is 11.1 Å². The molecule has 4 aromatic rings. The van der Waals surface area contributed by atoms with Gasteiger partial charge in [-0.25, -0.2) is 19.2 Å². The Morgan fingerprint density at radius 3 is 2.81 bits per heavy atom. The van der Waals surface area contributed by atoms with Crippen molar-refractivity contribution in [1.29, 1.82) is 0 Å². The number of nitrogens with two attached hydrogens (primary N) is 1. The average molecular weight is 556 g/mol. The highest BCUT2D eigenvalue weighted by Crippen LogP contribution is 2.32. The third-order valence-corrected chi connectivity index (χ3v) is 7.73. The zero-order valence-electron chi connectivity index (χ0n) is 20.1. The lowest BCUT2D eigenvalue weighted by atomic mass is 9.91. The summed E-state index contributed by atoms with van der Waals surface area (Å²) in [6.07, 6.45) is 6.98. The molecule has 5 rings (SSSR count). The fourth-order valence-corrected chi connectivity index (χ4v) is 5.15. The van der Waals surface area contributed by atoms with Crippen molar-refractivity contribution in [2.45, 2.75) is 25.7 Å². The van der Waals surface area contributed by atoms with Crippen LogP contribution in [0.2, 0.25) is 0 Å². The van der Waals surface area contributed by atoms with E-state index in [1.165, 1.54) is 24.3 Å². The highest BCUT2D eigenvalue weighted by Gasteiger charge is 2.25. The van der Waals surface area contributed by atoms with Crippen LogP contribution in [0.25, 0.3) is 27.7 Å². The number of amides is 2. The molecule has 1 aromatic carbocycles. The number of aromatic nitrogens is 4. The second-order valence-corrected chi connectivity index (χ2v) is 9.84. The highest BCUT2D eigenvalue weighted by molar-refractivity contribution is 9.10. The van der Waals surface area contributed by atoms with Crippen LogP contribution >= 0.6 is 15.9 Å². The third-order valence-electron chi connectivity index (χ3n) is 6.86. The van der Waals surface area contributed by atoms with Crippen LogP contribution in [0.5, 0.6) is 0 Å². The number of hydrogen-bond donors (Lipinski definition) is 1. The summed E-state index contributed by atoms with van der Waals surface area (Å²) in [5, 5.41) is 6.40. The lowest BCUT2D eigenvalue weighted by molar-refractivity contribution is -0.0778. The van der Waals surface area contributed by atoms with Crippen LogP contribution in [0.4, 0.5) is 15.0 Å². The summed E-state index contributed by atoms with van der Waals surface area (Å²) in [7, 11) is 3.11. The van der Waals surface area contributed by atoms with Gasteiger partial charge >= 0.3 is 6.03 Å². The van der Waals surface area contributed by atoms with Crippen LogP contribution in [-0.4, -0.2) is 62.8 Å². The molecule has 9 nitrogen and oxygen atoms in total. The number of piperidine rings is 1. The molecule has 0 aliphatic carbocycles. The number of nitrogen functional groups attached to an aromatic ring is 1. The number of fused-ring (bicyclic) bond motifs is 2. The van der Waals surface area contributed by atoms with Crippen molar-refractivity contribution in [3.63, 3.8) is 0 Å². The van der Waals surface area contributed by atoms with Gasteiger partial charge in [0.2, 0.25) is 0 Å². The van der Waals surface area contributed by atoms with Crippen molar-refractivity contribution in [2.24, 2.45) is 5.92 Å². The summed E-state index contributed by atoms with van der Waals surface area (Å²) >= 11 is 3.61. The molecule has 0 spiro atoms. The van der Waals surface area contributed by atoms with Gasteiger partial charge in [0.25, 0.3) is 0 Å². The Hall–Kier alpha value is -3.31. The first-order valence-corrected chi connectivity index (χ1v) is 12.6. The quantitative estimate of drug-likeness (QED) is 0.358. The fraction of sp³-hybridized carbons (Fsp3) is 0.360. The van der Waals surface area contributed by atoms with Crippen molar-refractivity contribution < 1.29 is 14.0 Å². The molecule has 0 unspecified atom stereocenters. The third kappa shape index (κ3) is 4.60. The first-order chi connectivity index (χ1) is 17.4. The van der Waals surface area contributed by atoms with Crippen LogP contribution < -0.4 is 5.73 Å². The van der Waals surface area contributed by atoms with E-state index in [-0.39, 0.29) is 11.8 Å². The second-order valence-electron chi connectivity index (χ2n) is 9.04. The summed E-state index contributed by atoms with van der Waals surface area (Å²) in [6, 6.07) is 6.30. The summed E-state index contributed by atoms with van der Waals surface area (Å²) in [5.74, 6) is 0.650. The summed E-state index contributed by atoms with van der Waals surface area (Å²) < 4.78 is 16.1. The standard InChI is InChI=1S/C25H27BrFN7O2/c1-32(36-2)25(35)33-9-7-15(8-10-33)3-5-21-22(26)23(28)34-24(31-21)19(14-30-34)17-11-16-12-18(27)4-6-20(16)29-13-17/h4,6,11-15H,3,5,7-10,28H2,1-2H3. The summed E-state index contributed by atoms with van der Waals surface area (Å²) in [4.78, 5) is 28.5. The Bertz CT molecular complexity index is 1440. The van der Waals surface area contributed by atoms with Gasteiger partial charge in [-0.15, -0.1) is 0 Å². The minimum Gasteiger partial charge on any atom is -0.383 e. The number of anilines is 1. The monoisotopic (exact) mass is 555 g/mol. The van der Waals surface area contributed by atoms with Gasteiger partial charge in [-0.1, -0.05) is 0 Å². The number of carbonyl (C=O) groups is 1. The Labute approximate surface area is 216 Å². The van der Waals surface area contributed by atoms with E-state index in [0.717, 1.165) is 47.0 Å². The van der Waals surface area contributed by atoms with Gasteiger partial charge in [-0.2, -0.15) is 9.61 Å². The van der Waals surface area contributed by atoms with E-state index in [1.54, 1.807) is 30.0 Å². The van der Waals surface area contributed by atoms with Crippen molar-refractivity contribution >= 4 is 44.3 Å². The molecule has 2 N–H and O–H groups in total. The van der Waals surface area contributed by atoms with Gasteiger partial charge in [-0.3, -0.25) is 9.82 Å². The Morgan fingerprint density at radius 1 is 1.28 bits per heavy atom.